The fourth-order valence-electron chi connectivity index (χ4n) is 2.57. The number of methoxy groups -OCH3 is 1. The van der Waals surface area contributed by atoms with Crippen LogP contribution in [0.1, 0.15) is 52.5 Å². The van der Waals surface area contributed by atoms with Gasteiger partial charge in [-0.3, -0.25) is 0 Å². The lowest BCUT2D eigenvalue weighted by atomic mass is 9.89. The van der Waals surface area contributed by atoms with Crippen molar-refractivity contribution >= 4 is 15.9 Å². The first kappa shape index (κ1) is 18.3. The largest absolute Gasteiger partial charge is 0.493 e. The van der Waals surface area contributed by atoms with Gasteiger partial charge in [0, 0.05) is 12.1 Å². The average molecular weight is 358 g/mol. The molecule has 0 spiro atoms. The Labute approximate surface area is 137 Å². The second-order valence-corrected chi connectivity index (χ2v) is 6.09. The number of rotatable bonds is 9. The lowest BCUT2D eigenvalue weighted by Gasteiger charge is -2.32. The van der Waals surface area contributed by atoms with Crippen LogP contribution in [0.5, 0.6) is 11.5 Å². The molecule has 0 amide bonds. The van der Waals surface area contributed by atoms with Gasteiger partial charge in [-0.25, -0.2) is 0 Å². The van der Waals surface area contributed by atoms with Crippen LogP contribution in [-0.2, 0) is 6.54 Å². The normalized spacial score (nSPS) is 11.5. The van der Waals surface area contributed by atoms with Gasteiger partial charge >= 0.3 is 0 Å². The first-order valence-electron chi connectivity index (χ1n) is 7.80. The second-order valence-electron chi connectivity index (χ2n) is 5.24. The van der Waals surface area contributed by atoms with Crippen molar-refractivity contribution in [2.24, 2.45) is 0 Å². The van der Waals surface area contributed by atoms with Crippen molar-refractivity contribution in [3.05, 3.63) is 22.2 Å². The van der Waals surface area contributed by atoms with Gasteiger partial charge in [0.05, 0.1) is 18.2 Å². The molecule has 1 aromatic carbocycles. The van der Waals surface area contributed by atoms with Gasteiger partial charge in [-0.1, -0.05) is 20.8 Å². The van der Waals surface area contributed by atoms with Crippen molar-refractivity contribution in [2.75, 3.05) is 13.7 Å². The third-order valence-corrected chi connectivity index (χ3v) is 4.86. The Kier molecular flexibility index (Phi) is 7.53. The molecule has 4 heteroatoms. The van der Waals surface area contributed by atoms with Crippen LogP contribution in [-0.4, -0.2) is 19.3 Å². The molecular formula is C17H28BrNO2. The first-order chi connectivity index (χ1) is 10.1. The molecular weight excluding hydrogens is 330 g/mol. The fourth-order valence-corrected chi connectivity index (χ4v) is 3.18. The van der Waals surface area contributed by atoms with E-state index in [0.29, 0.717) is 6.61 Å². The predicted octanol–water partition coefficient (Wildman–Crippen LogP) is 4.91. The summed E-state index contributed by atoms with van der Waals surface area (Å²) in [5, 5.41) is 3.71. The Hall–Kier alpha value is -0.740. The molecule has 0 unspecified atom stereocenters. The van der Waals surface area contributed by atoms with E-state index in [1.54, 1.807) is 7.11 Å². The summed E-state index contributed by atoms with van der Waals surface area (Å²) in [7, 11) is 1.68. The van der Waals surface area contributed by atoms with Gasteiger partial charge in [0.1, 0.15) is 0 Å². The van der Waals surface area contributed by atoms with Gasteiger partial charge in [0.15, 0.2) is 11.5 Å². The Morgan fingerprint density at radius 2 is 1.71 bits per heavy atom. The monoisotopic (exact) mass is 357 g/mol. The molecule has 0 atom stereocenters. The van der Waals surface area contributed by atoms with Crippen molar-refractivity contribution in [3.63, 3.8) is 0 Å². The SMILES string of the molecule is CCOc1c(Br)cc(CNC(CC)(CC)CC)cc1OC. The maximum absolute atomic E-state index is 5.63. The number of hydrogen-bond donors (Lipinski definition) is 1. The predicted molar refractivity (Wildman–Crippen MR) is 92.3 cm³/mol. The van der Waals surface area contributed by atoms with Crippen LogP contribution in [0.4, 0.5) is 0 Å². The highest BCUT2D eigenvalue weighted by molar-refractivity contribution is 9.10. The van der Waals surface area contributed by atoms with E-state index in [0.717, 1.165) is 41.8 Å². The summed E-state index contributed by atoms with van der Waals surface area (Å²) >= 11 is 3.58. The number of halogens is 1. The van der Waals surface area contributed by atoms with Gasteiger partial charge in [-0.2, -0.15) is 0 Å². The summed E-state index contributed by atoms with van der Waals surface area (Å²) < 4.78 is 12.0. The number of hydrogen-bond acceptors (Lipinski definition) is 3. The van der Waals surface area contributed by atoms with Crippen molar-refractivity contribution in [1.82, 2.24) is 5.32 Å². The molecule has 0 aliphatic carbocycles. The van der Waals surface area contributed by atoms with E-state index >= 15 is 0 Å². The van der Waals surface area contributed by atoms with Crippen molar-refractivity contribution in [2.45, 2.75) is 59.0 Å². The zero-order chi connectivity index (χ0) is 15.9. The van der Waals surface area contributed by atoms with E-state index in [2.05, 4.69) is 54.2 Å². The molecule has 3 nitrogen and oxygen atoms in total. The summed E-state index contributed by atoms with van der Waals surface area (Å²) in [6.45, 7) is 10.2. The molecule has 21 heavy (non-hydrogen) atoms. The molecule has 0 radical (unpaired) electrons. The van der Waals surface area contributed by atoms with E-state index in [9.17, 15) is 0 Å². The minimum absolute atomic E-state index is 0.221. The number of ether oxygens (including phenoxy) is 2. The summed E-state index contributed by atoms with van der Waals surface area (Å²) in [6, 6.07) is 4.15. The van der Waals surface area contributed by atoms with Crippen LogP contribution < -0.4 is 14.8 Å². The minimum atomic E-state index is 0.221. The van der Waals surface area contributed by atoms with E-state index in [-0.39, 0.29) is 5.54 Å². The highest BCUT2D eigenvalue weighted by atomic mass is 79.9. The molecule has 1 aromatic rings. The van der Waals surface area contributed by atoms with Gasteiger partial charge < -0.3 is 14.8 Å². The standard InChI is InChI=1S/C17H28BrNO2/c1-6-17(7-2,8-3)19-12-13-10-14(18)16(21-9-4)15(11-13)20-5/h10-11,19H,6-9,12H2,1-5H3. The molecule has 1 rings (SSSR count). The lowest BCUT2D eigenvalue weighted by molar-refractivity contribution is 0.287. The third kappa shape index (κ3) is 4.62. The Bertz CT molecular complexity index is 436. The van der Waals surface area contributed by atoms with Gasteiger partial charge in [0.25, 0.3) is 0 Å². The van der Waals surface area contributed by atoms with E-state index in [4.69, 9.17) is 9.47 Å². The first-order valence-corrected chi connectivity index (χ1v) is 8.59. The van der Waals surface area contributed by atoms with E-state index in [1.165, 1.54) is 5.56 Å². The zero-order valence-electron chi connectivity index (χ0n) is 13.9. The van der Waals surface area contributed by atoms with Gasteiger partial charge in [0.2, 0.25) is 0 Å². The molecule has 0 bridgehead atoms. The molecule has 0 aliphatic heterocycles. The van der Waals surface area contributed by atoms with Crippen LogP contribution in [0.25, 0.3) is 0 Å². The summed E-state index contributed by atoms with van der Waals surface area (Å²) in [5.74, 6) is 1.55. The van der Waals surface area contributed by atoms with Crippen molar-refractivity contribution in [3.8, 4) is 11.5 Å². The third-order valence-electron chi connectivity index (χ3n) is 4.28. The van der Waals surface area contributed by atoms with Crippen LogP contribution in [0.2, 0.25) is 0 Å². The molecule has 1 N–H and O–H groups in total. The lowest BCUT2D eigenvalue weighted by Crippen LogP contribution is -2.43. The van der Waals surface area contributed by atoms with E-state index in [1.807, 2.05) is 6.92 Å². The Morgan fingerprint density at radius 1 is 1.10 bits per heavy atom. The quantitative estimate of drug-likeness (QED) is 0.680. The smallest absolute Gasteiger partial charge is 0.175 e. The summed E-state index contributed by atoms with van der Waals surface area (Å²) in [6.07, 6.45) is 3.40. The number of benzene rings is 1. The Balaban J connectivity index is 2.92. The zero-order valence-corrected chi connectivity index (χ0v) is 15.5. The van der Waals surface area contributed by atoms with Crippen LogP contribution >= 0.6 is 15.9 Å². The average Bonchev–Trinajstić information content (AvgIpc) is 2.51. The fraction of sp³-hybridized carbons (Fsp3) is 0.647. The van der Waals surface area contributed by atoms with Crippen LogP contribution in [0.15, 0.2) is 16.6 Å². The second kappa shape index (κ2) is 8.64. The maximum Gasteiger partial charge on any atom is 0.175 e. The van der Waals surface area contributed by atoms with E-state index < -0.39 is 0 Å². The molecule has 120 valence electrons. The van der Waals surface area contributed by atoms with Crippen LogP contribution in [0, 0.1) is 0 Å². The summed E-state index contributed by atoms with van der Waals surface area (Å²) in [4.78, 5) is 0. The maximum atomic E-state index is 5.63. The molecule has 0 heterocycles. The number of nitrogens with one attached hydrogen (secondary N) is 1. The molecule has 0 aromatic heterocycles. The molecule has 0 saturated carbocycles. The van der Waals surface area contributed by atoms with Crippen LogP contribution in [0.3, 0.4) is 0 Å². The van der Waals surface area contributed by atoms with Crippen molar-refractivity contribution in [1.29, 1.82) is 0 Å². The highest BCUT2D eigenvalue weighted by Crippen LogP contribution is 2.36. The Morgan fingerprint density at radius 3 is 2.19 bits per heavy atom. The van der Waals surface area contributed by atoms with Gasteiger partial charge in [-0.05, 0) is 59.8 Å². The molecule has 0 aliphatic rings. The highest BCUT2D eigenvalue weighted by Gasteiger charge is 2.23. The topological polar surface area (TPSA) is 30.5 Å². The summed E-state index contributed by atoms with van der Waals surface area (Å²) in [5.41, 5.74) is 1.42. The molecule has 0 saturated heterocycles. The minimum Gasteiger partial charge on any atom is -0.493 e. The van der Waals surface area contributed by atoms with Gasteiger partial charge in [-0.15, -0.1) is 0 Å². The van der Waals surface area contributed by atoms with Crippen molar-refractivity contribution < 1.29 is 9.47 Å². The molecule has 0 fully saturated rings.